The molecule has 0 saturated heterocycles. The van der Waals surface area contributed by atoms with Crippen molar-refractivity contribution in [2.45, 2.75) is 59.0 Å². The Kier molecular flexibility index (Phi) is 5.33. The van der Waals surface area contributed by atoms with Gasteiger partial charge in [-0.05, 0) is 25.7 Å². The maximum atomic E-state index is 12.3. The number of amides is 1. The largest absolute Gasteiger partial charge is 0.346 e. The number of hydrogen-bond acceptors (Lipinski definition) is 4. The first-order valence-electron chi connectivity index (χ1n) is 7.97. The number of nitrogens with one attached hydrogen (secondary N) is 1. The normalized spacial score (nSPS) is 18.0. The van der Waals surface area contributed by atoms with Crippen LogP contribution in [-0.4, -0.2) is 27.2 Å². The van der Waals surface area contributed by atoms with Crippen LogP contribution < -0.4 is 11.1 Å². The van der Waals surface area contributed by atoms with Crippen LogP contribution in [-0.2, 0) is 17.8 Å². The molecule has 21 heavy (non-hydrogen) atoms. The van der Waals surface area contributed by atoms with Crippen LogP contribution in [0.2, 0.25) is 0 Å². The molecule has 0 spiro atoms. The first-order chi connectivity index (χ1) is 10.0. The van der Waals surface area contributed by atoms with E-state index in [0.29, 0.717) is 6.54 Å². The van der Waals surface area contributed by atoms with Crippen LogP contribution in [0.25, 0.3) is 0 Å². The minimum atomic E-state index is -0.154. The Morgan fingerprint density at radius 1 is 1.29 bits per heavy atom. The molecule has 1 aliphatic rings. The molecule has 1 aromatic heterocycles. The van der Waals surface area contributed by atoms with E-state index in [1.807, 2.05) is 20.8 Å². The van der Waals surface area contributed by atoms with Gasteiger partial charge in [-0.15, -0.1) is 10.2 Å². The SMILES string of the molecule is CC(NC(=O)C(CN)C(C)C)c1nnc2n1CCCCC2. The second-order valence-corrected chi connectivity index (χ2v) is 6.25. The molecule has 118 valence electrons. The van der Waals surface area contributed by atoms with E-state index in [2.05, 4.69) is 20.1 Å². The average Bonchev–Trinajstić information content (AvgIpc) is 2.68. The Bertz CT molecular complexity index is 482. The molecule has 2 heterocycles. The highest BCUT2D eigenvalue weighted by Crippen LogP contribution is 2.19. The highest BCUT2D eigenvalue weighted by Gasteiger charge is 2.25. The summed E-state index contributed by atoms with van der Waals surface area (Å²) in [7, 11) is 0. The summed E-state index contributed by atoms with van der Waals surface area (Å²) >= 11 is 0. The number of nitrogens with zero attached hydrogens (tertiary/aromatic N) is 3. The van der Waals surface area contributed by atoms with Gasteiger partial charge in [0.15, 0.2) is 5.82 Å². The van der Waals surface area contributed by atoms with Gasteiger partial charge in [0.1, 0.15) is 5.82 Å². The molecule has 2 unspecified atom stereocenters. The zero-order valence-corrected chi connectivity index (χ0v) is 13.3. The van der Waals surface area contributed by atoms with Crippen LogP contribution >= 0.6 is 0 Å². The zero-order chi connectivity index (χ0) is 15.4. The van der Waals surface area contributed by atoms with Crippen molar-refractivity contribution in [2.24, 2.45) is 17.6 Å². The Morgan fingerprint density at radius 3 is 2.71 bits per heavy atom. The summed E-state index contributed by atoms with van der Waals surface area (Å²) < 4.78 is 2.17. The van der Waals surface area contributed by atoms with Crippen molar-refractivity contribution in [3.05, 3.63) is 11.6 Å². The van der Waals surface area contributed by atoms with E-state index in [1.54, 1.807) is 0 Å². The van der Waals surface area contributed by atoms with Gasteiger partial charge in [0, 0.05) is 19.5 Å². The smallest absolute Gasteiger partial charge is 0.225 e. The van der Waals surface area contributed by atoms with E-state index < -0.39 is 0 Å². The lowest BCUT2D eigenvalue weighted by atomic mass is 9.95. The van der Waals surface area contributed by atoms with Gasteiger partial charge in [0.2, 0.25) is 5.91 Å². The summed E-state index contributed by atoms with van der Waals surface area (Å²) in [5, 5.41) is 11.6. The quantitative estimate of drug-likeness (QED) is 0.859. The molecule has 2 atom stereocenters. The Balaban J connectivity index is 2.08. The molecular weight excluding hydrogens is 266 g/mol. The maximum Gasteiger partial charge on any atom is 0.225 e. The Hall–Kier alpha value is -1.43. The van der Waals surface area contributed by atoms with E-state index >= 15 is 0 Å². The third-order valence-electron chi connectivity index (χ3n) is 4.28. The predicted octanol–water partition coefficient (Wildman–Crippen LogP) is 1.41. The number of rotatable bonds is 5. The summed E-state index contributed by atoms with van der Waals surface area (Å²) in [6.45, 7) is 7.32. The standard InChI is InChI=1S/C15H27N5O/c1-10(2)12(9-16)15(21)17-11(3)14-19-18-13-7-5-4-6-8-20(13)14/h10-12H,4-9,16H2,1-3H3,(H,17,21). The van der Waals surface area contributed by atoms with Gasteiger partial charge in [-0.1, -0.05) is 20.3 Å². The van der Waals surface area contributed by atoms with Gasteiger partial charge in [0.25, 0.3) is 0 Å². The van der Waals surface area contributed by atoms with E-state index in [1.165, 1.54) is 12.8 Å². The molecule has 1 aromatic rings. The van der Waals surface area contributed by atoms with Gasteiger partial charge in [-0.2, -0.15) is 0 Å². The summed E-state index contributed by atoms with van der Waals surface area (Å²) in [4.78, 5) is 12.3. The van der Waals surface area contributed by atoms with E-state index in [4.69, 9.17) is 5.73 Å². The molecule has 0 fully saturated rings. The number of aryl methyl sites for hydroxylation is 1. The molecule has 1 aliphatic heterocycles. The second-order valence-electron chi connectivity index (χ2n) is 6.25. The zero-order valence-electron chi connectivity index (χ0n) is 13.3. The number of aromatic nitrogens is 3. The van der Waals surface area contributed by atoms with Crippen LogP contribution in [0.1, 0.15) is 57.7 Å². The predicted molar refractivity (Wildman–Crippen MR) is 81.5 cm³/mol. The molecule has 0 aliphatic carbocycles. The van der Waals surface area contributed by atoms with Crippen LogP contribution in [0, 0.1) is 11.8 Å². The summed E-state index contributed by atoms with van der Waals surface area (Å²) in [6, 6.07) is -0.135. The van der Waals surface area contributed by atoms with Gasteiger partial charge in [0.05, 0.1) is 12.0 Å². The molecule has 0 radical (unpaired) electrons. The van der Waals surface area contributed by atoms with E-state index in [-0.39, 0.29) is 23.8 Å². The fraction of sp³-hybridized carbons (Fsp3) is 0.800. The monoisotopic (exact) mass is 293 g/mol. The molecule has 0 aromatic carbocycles. The lowest BCUT2D eigenvalue weighted by Crippen LogP contribution is -2.39. The van der Waals surface area contributed by atoms with Crippen molar-refractivity contribution in [1.29, 1.82) is 0 Å². The maximum absolute atomic E-state index is 12.3. The van der Waals surface area contributed by atoms with E-state index in [9.17, 15) is 4.79 Å². The van der Waals surface area contributed by atoms with Gasteiger partial charge in [-0.3, -0.25) is 4.79 Å². The van der Waals surface area contributed by atoms with Gasteiger partial charge in [-0.25, -0.2) is 0 Å². The lowest BCUT2D eigenvalue weighted by Gasteiger charge is -2.21. The molecule has 3 N–H and O–H groups in total. The summed E-state index contributed by atoms with van der Waals surface area (Å²) in [5.41, 5.74) is 5.71. The summed E-state index contributed by atoms with van der Waals surface area (Å²) in [5.74, 6) is 1.99. The fourth-order valence-corrected chi connectivity index (χ4v) is 2.89. The molecule has 1 amide bonds. The average molecular weight is 293 g/mol. The van der Waals surface area contributed by atoms with Crippen molar-refractivity contribution < 1.29 is 4.79 Å². The van der Waals surface area contributed by atoms with Crippen molar-refractivity contribution in [2.75, 3.05) is 6.54 Å². The first-order valence-corrected chi connectivity index (χ1v) is 7.97. The number of carbonyl (C=O) groups excluding carboxylic acids is 1. The second kappa shape index (κ2) is 7.02. The van der Waals surface area contributed by atoms with Crippen molar-refractivity contribution in [3.8, 4) is 0 Å². The lowest BCUT2D eigenvalue weighted by molar-refractivity contribution is -0.126. The molecule has 6 nitrogen and oxygen atoms in total. The Labute approximate surface area is 126 Å². The van der Waals surface area contributed by atoms with Crippen molar-refractivity contribution in [3.63, 3.8) is 0 Å². The third-order valence-corrected chi connectivity index (χ3v) is 4.28. The number of nitrogens with two attached hydrogens (primary N) is 1. The third kappa shape index (κ3) is 3.61. The minimum Gasteiger partial charge on any atom is -0.346 e. The van der Waals surface area contributed by atoms with Crippen LogP contribution in [0.15, 0.2) is 0 Å². The van der Waals surface area contributed by atoms with Crippen molar-refractivity contribution in [1.82, 2.24) is 20.1 Å². The van der Waals surface area contributed by atoms with Crippen molar-refractivity contribution >= 4 is 5.91 Å². The van der Waals surface area contributed by atoms with Gasteiger partial charge < -0.3 is 15.6 Å². The Morgan fingerprint density at radius 2 is 2.05 bits per heavy atom. The topological polar surface area (TPSA) is 85.8 Å². The molecular formula is C15H27N5O. The molecule has 0 saturated carbocycles. The molecule has 0 bridgehead atoms. The number of carbonyl (C=O) groups is 1. The number of hydrogen-bond donors (Lipinski definition) is 2. The highest BCUT2D eigenvalue weighted by atomic mass is 16.2. The fourth-order valence-electron chi connectivity index (χ4n) is 2.89. The van der Waals surface area contributed by atoms with Crippen LogP contribution in [0.5, 0.6) is 0 Å². The molecule has 6 heteroatoms. The van der Waals surface area contributed by atoms with E-state index in [0.717, 1.165) is 31.0 Å². The first kappa shape index (κ1) is 15.9. The highest BCUT2D eigenvalue weighted by molar-refractivity contribution is 5.79. The van der Waals surface area contributed by atoms with Crippen LogP contribution in [0.4, 0.5) is 0 Å². The molecule has 2 rings (SSSR count). The number of fused-ring (bicyclic) bond motifs is 1. The van der Waals surface area contributed by atoms with Gasteiger partial charge >= 0.3 is 0 Å². The summed E-state index contributed by atoms with van der Waals surface area (Å²) in [6.07, 6.45) is 4.52. The minimum absolute atomic E-state index is 0.00553. The van der Waals surface area contributed by atoms with Crippen LogP contribution in [0.3, 0.4) is 0 Å².